The van der Waals surface area contributed by atoms with Gasteiger partial charge in [-0.25, -0.2) is 4.39 Å². The highest BCUT2D eigenvalue weighted by Gasteiger charge is 2.04. The first-order valence-corrected chi connectivity index (χ1v) is 5.58. The average Bonchev–Trinajstić information content (AvgIpc) is 2.34. The van der Waals surface area contributed by atoms with Gasteiger partial charge < -0.3 is 16.3 Å². The molecule has 0 fully saturated rings. The first-order chi connectivity index (χ1) is 8.13. The number of nitrogens with zero attached hydrogens (tertiary/aromatic N) is 1. The van der Waals surface area contributed by atoms with E-state index < -0.39 is 0 Å². The minimum atomic E-state index is -0.229. The van der Waals surface area contributed by atoms with Crippen molar-refractivity contribution in [2.75, 3.05) is 6.54 Å². The first-order valence-electron chi connectivity index (χ1n) is 5.58. The van der Waals surface area contributed by atoms with Crippen LogP contribution in [0.15, 0.2) is 29.4 Å². The van der Waals surface area contributed by atoms with E-state index in [4.69, 9.17) is 10.9 Å². The smallest absolute Gasteiger partial charge is 0.139 e. The van der Waals surface area contributed by atoms with Gasteiger partial charge in [-0.05, 0) is 37.6 Å². The minimum absolute atomic E-state index is 0.155. The van der Waals surface area contributed by atoms with E-state index in [1.165, 1.54) is 12.1 Å². The number of hydrogen-bond acceptors (Lipinski definition) is 3. The van der Waals surface area contributed by atoms with Crippen LogP contribution in [0.5, 0.6) is 0 Å². The molecule has 0 saturated heterocycles. The van der Waals surface area contributed by atoms with Gasteiger partial charge in [-0.15, -0.1) is 0 Å². The minimum Gasteiger partial charge on any atom is -0.409 e. The van der Waals surface area contributed by atoms with Crippen molar-refractivity contribution in [3.8, 4) is 0 Å². The van der Waals surface area contributed by atoms with Gasteiger partial charge in [0, 0.05) is 12.5 Å². The van der Waals surface area contributed by atoms with Gasteiger partial charge in [-0.2, -0.15) is 0 Å². The summed E-state index contributed by atoms with van der Waals surface area (Å²) in [4.78, 5) is 0. The fraction of sp³-hybridized carbons (Fsp3) is 0.417. The van der Waals surface area contributed by atoms with E-state index in [0.717, 1.165) is 18.5 Å². The van der Waals surface area contributed by atoms with Crippen LogP contribution in [-0.4, -0.2) is 17.6 Å². The number of amidine groups is 1. The van der Waals surface area contributed by atoms with Crippen LogP contribution >= 0.6 is 0 Å². The number of nitrogens with one attached hydrogen (secondary N) is 1. The second kappa shape index (κ2) is 6.85. The van der Waals surface area contributed by atoms with Gasteiger partial charge in [0.25, 0.3) is 0 Å². The highest BCUT2D eigenvalue weighted by Crippen LogP contribution is 2.12. The fourth-order valence-electron chi connectivity index (χ4n) is 1.51. The summed E-state index contributed by atoms with van der Waals surface area (Å²) < 4.78 is 12.7. The Bertz CT molecular complexity index is 365. The summed E-state index contributed by atoms with van der Waals surface area (Å²) in [6, 6.07) is 6.57. The molecule has 5 heteroatoms. The third-order valence-electron chi connectivity index (χ3n) is 2.56. The SMILES string of the molecule is C[C@H](NCCC/C(N)=N/O)c1ccc(F)cc1. The maximum absolute atomic E-state index is 12.7. The van der Waals surface area contributed by atoms with E-state index in [1.54, 1.807) is 12.1 Å². The number of nitrogens with two attached hydrogens (primary N) is 1. The lowest BCUT2D eigenvalue weighted by atomic mass is 10.1. The van der Waals surface area contributed by atoms with Gasteiger partial charge in [0.2, 0.25) is 0 Å². The molecule has 1 aromatic rings. The Morgan fingerprint density at radius 2 is 2.12 bits per heavy atom. The molecule has 1 aromatic carbocycles. The molecule has 0 bridgehead atoms. The summed E-state index contributed by atoms with van der Waals surface area (Å²) in [5.74, 6) is 0.00844. The molecule has 0 aliphatic carbocycles. The lowest BCUT2D eigenvalue weighted by molar-refractivity contribution is 0.316. The van der Waals surface area contributed by atoms with Crippen molar-refractivity contribution in [2.24, 2.45) is 10.9 Å². The van der Waals surface area contributed by atoms with Crippen LogP contribution in [0, 0.1) is 5.82 Å². The normalized spacial score (nSPS) is 13.6. The Morgan fingerprint density at radius 3 is 2.71 bits per heavy atom. The zero-order valence-electron chi connectivity index (χ0n) is 9.86. The standard InChI is InChI=1S/C12H18FN3O/c1-9(10-4-6-11(13)7-5-10)15-8-2-3-12(14)16-17/h4-7,9,15,17H,2-3,8H2,1H3,(H2,14,16)/t9-/m0/s1. The Labute approximate surface area is 100 Å². The van der Waals surface area contributed by atoms with Gasteiger partial charge >= 0.3 is 0 Å². The predicted molar refractivity (Wildman–Crippen MR) is 65.5 cm³/mol. The maximum Gasteiger partial charge on any atom is 0.139 e. The lowest BCUT2D eigenvalue weighted by Crippen LogP contribution is -2.21. The molecule has 0 radical (unpaired) electrons. The van der Waals surface area contributed by atoms with Crippen molar-refractivity contribution in [1.29, 1.82) is 0 Å². The summed E-state index contributed by atoms with van der Waals surface area (Å²) in [6.45, 7) is 2.77. The Morgan fingerprint density at radius 1 is 1.47 bits per heavy atom. The van der Waals surface area contributed by atoms with Crippen LogP contribution in [0.2, 0.25) is 0 Å². The van der Waals surface area contributed by atoms with Crippen LogP contribution < -0.4 is 11.1 Å². The molecule has 0 aliphatic heterocycles. The summed E-state index contributed by atoms with van der Waals surface area (Å²) in [5.41, 5.74) is 6.39. The number of halogens is 1. The third kappa shape index (κ3) is 4.82. The monoisotopic (exact) mass is 239 g/mol. The molecule has 0 aromatic heterocycles. The van der Waals surface area contributed by atoms with Crippen LogP contribution in [0.4, 0.5) is 4.39 Å². The quantitative estimate of drug-likeness (QED) is 0.234. The van der Waals surface area contributed by atoms with Gasteiger partial charge in [0.1, 0.15) is 11.7 Å². The Hall–Kier alpha value is -1.62. The molecule has 4 nitrogen and oxygen atoms in total. The zero-order valence-corrected chi connectivity index (χ0v) is 9.86. The van der Waals surface area contributed by atoms with Crippen LogP contribution in [0.3, 0.4) is 0 Å². The summed E-state index contributed by atoms with van der Waals surface area (Å²) >= 11 is 0. The highest BCUT2D eigenvalue weighted by atomic mass is 19.1. The second-order valence-electron chi connectivity index (χ2n) is 3.92. The molecule has 0 amide bonds. The van der Waals surface area contributed by atoms with Gasteiger partial charge in [-0.1, -0.05) is 17.3 Å². The molecule has 1 rings (SSSR count). The molecule has 94 valence electrons. The molecule has 0 unspecified atom stereocenters. The predicted octanol–water partition coefficient (Wildman–Crippen LogP) is 2.00. The lowest BCUT2D eigenvalue weighted by Gasteiger charge is -2.13. The molecular weight excluding hydrogens is 221 g/mol. The summed E-state index contributed by atoms with van der Waals surface area (Å²) in [5, 5.41) is 14.5. The van der Waals surface area contributed by atoms with Crippen molar-refractivity contribution < 1.29 is 9.60 Å². The maximum atomic E-state index is 12.7. The number of hydrogen-bond donors (Lipinski definition) is 3. The van der Waals surface area contributed by atoms with E-state index in [2.05, 4.69) is 10.5 Å². The van der Waals surface area contributed by atoms with E-state index in [1.807, 2.05) is 6.92 Å². The van der Waals surface area contributed by atoms with E-state index in [9.17, 15) is 4.39 Å². The van der Waals surface area contributed by atoms with Crippen molar-refractivity contribution in [3.63, 3.8) is 0 Å². The van der Waals surface area contributed by atoms with Crippen LogP contribution in [0.25, 0.3) is 0 Å². The third-order valence-corrected chi connectivity index (χ3v) is 2.56. The number of benzene rings is 1. The molecule has 0 saturated carbocycles. The Kier molecular flexibility index (Phi) is 5.42. The van der Waals surface area contributed by atoms with E-state index in [0.29, 0.717) is 6.42 Å². The number of oxime groups is 1. The Balaban J connectivity index is 2.30. The molecule has 0 aliphatic rings. The molecule has 0 heterocycles. The van der Waals surface area contributed by atoms with Crippen molar-refractivity contribution in [1.82, 2.24) is 5.32 Å². The summed E-state index contributed by atoms with van der Waals surface area (Å²) in [6.07, 6.45) is 1.35. The molecular formula is C12H18FN3O. The second-order valence-corrected chi connectivity index (χ2v) is 3.92. The first kappa shape index (κ1) is 13.4. The van der Waals surface area contributed by atoms with E-state index >= 15 is 0 Å². The molecule has 0 spiro atoms. The van der Waals surface area contributed by atoms with Gasteiger partial charge in [0.15, 0.2) is 0 Å². The van der Waals surface area contributed by atoms with Crippen LogP contribution in [0.1, 0.15) is 31.4 Å². The summed E-state index contributed by atoms with van der Waals surface area (Å²) in [7, 11) is 0. The average molecular weight is 239 g/mol. The van der Waals surface area contributed by atoms with Crippen molar-refractivity contribution >= 4 is 5.84 Å². The number of rotatable bonds is 6. The van der Waals surface area contributed by atoms with Gasteiger partial charge in [0.05, 0.1) is 0 Å². The largest absolute Gasteiger partial charge is 0.409 e. The molecule has 4 N–H and O–H groups in total. The van der Waals surface area contributed by atoms with E-state index in [-0.39, 0.29) is 17.7 Å². The van der Waals surface area contributed by atoms with Crippen molar-refractivity contribution in [3.05, 3.63) is 35.6 Å². The topological polar surface area (TPSA) is 70.6 Å². The zero-order chi connectivity index (χ0) is 12.7. The fourth-order valence-corrected chi connectivity index (χ4v) is 1.51. The highest BCUT2D eigenvalue weighted by molar-refractivity contribution is 5.79. The van der Waals surface area contributed by atoms with Crippen molar-refractivity contribution in [2.45, 2.75) is 25.8 Å². The van der Waals surface area contributed by atoms with Crippen LogP contribution in [-0.2, 0) is 0 Å². The molecule has 1 atom stereocenters. The van der Waals surface area contributed by atoms with Gasteiger partial charge in [-0.3, -0.25) is 0 Å². The molecule has 17 heavy (non-hydrogen) atoms.